The molecule has 14 heavy (non-hydrogen) atoms. The Morgan fingerprint density at radius 1 is 1.29 bits per heavy atom. The van der Waals surface area contributed by atoms with Crippen LogP contribution in [0.1, 0.15) is 13.3 Å². The SMILES string of the molecule is CCC(COc1ccc(Cl)cc1)OC. The Balaban J connectivity index is 2.41. The van der Waals surface area contributed by atoms with E-state index in [1.54, 1.807) is 7.11 Å². The van der Waals surface area contributed by atoms with E-state index in [1.807, 2.05) is 24.3 Å². The highest BCUT2D eigenvalue weighted by Crippen LogP contribution is 2.15. The zero-order valence-electron chi connectivity index (χ0n) is 8.50. The third kappa shape index (κ3) is 3.56. The fourth-order valence-electron chi connectivity index (χ4n) is 1.07. The number of benzene rings is 1. The molecule has 2 nitrogen and oxygen atoms in total. The van der Waals surface area contributed by atoms with E-state index in [2.05, 4.69) is 6.92 Å². The first-order valence-corrected chi connectivity index (χ1v) is 5.05. The summed E-state index contributed by atoms with van der Waals surface area (Å²) in [5.41, 5.74) is 0. The molecule has 0 aromatic heterocycles. The molecule has 1 rings (SSSR count). The summed E-state index contributed by atoms with van der Waals surface area (Å²) in [6, 6.07) is 7.32. The molecule has 0 N–H and O–H groups in total. The van der Waals surface area contributed by atoms with Gasteiger partial charge in [0.1, 0.15) is 12.4 Å². The molecule has 0 aliphatic heterocycles. The van der Waals surface area contributed by atoms with Gasteiger partial charge in [0.25, 0.3) is 0 Å². The van der Waals surface area contributed by atoms with Crippen molar-refractivity contribution < 1.29 is 9.47 Å². The fourth-order valence-corrected chi connectivity index (χ4v) is 1.20. The van der Waals surface area contributed by atoms with E-state index in [0.29, 0.717) is 6.61 Å². The molecule has 0 aliphatic rings. The van der Waals surface area contributed by atoms with Crippen molar-refractivity contribution in [3.63, 3.8) is 0 Å². The topological polar surface area (TPSA) is 18.5 Å². The average molecular weight is 215 g/mol. The van der Waals surface area contributed by atoms with E-state index in [9.17, 15) is 0 Å². The third-order valence-corrected chi connectivity index (χ3v) is 2.29. The number of hydrogen-bond donors (Lipinski definition) is 0. The summed E-state index contributed by atoms with van der Waals surface area (Å²) in [7, 11) is 1.69. The van der Waals surface area contributed by atoms with Crippen molar-refractivity contribution in [3.8, 4) is 5.75 Å². The summed E-state index contributed by atoms with van der Waals surface area (Å²) in [4.78, 5) is 0. The maximum Gasteiger partial charge on any atom is 0.119 e. The number of ether oxygens (including phenoxy) is 2. The minimum Gasteiger partial charge on any atom is -0.491 e. The van der Waals surface area contributed by atoms with E-state index >= 15 is 0 Å². The predicted octanol–water partition coefficient (Wildman–Crippen LogP) is 3.14. The van der Waals surface area contributed by atoms with E-state index in [-0.39, 0.29) is 6.10 Å². The summed E-state index contributed by atoms with van der Waals surface area (Å²) in [6.45, 7) is 2.65. The van der Waals surface area contributed by atoms with Gasteiger partial charge in [-0.2, -0.15) is 0 Å². The monoisotopic (exact) mass is 214 g/mol. The van der Waals surface area contributed by atoms with Crippen LogP contribution >= 0.6 is 11.6 Å². The summed E-state index contributed by atoms with van der Waals surface area (Å²) in [6.07, 6.45) is 1.11. The molecule has 0 aliphatic carbocycles. The molecule has 0 spiro atoms. The highest BCUT2D eigenvalue weighted by molar-refractivity contribution is 6.30. The van der Waals surface area contributed by atoms with E-state index in [0.717, 1.165) is 17.2 Å². The summed E-state index contributed by atoms with van der Waals surface area (Å²) < 4.78 is 10.7. The third-order valence-electron chi connectivity index (χ3n) is 2.04. The summed E-state index contributed by atoms with van der Waals surface area (Å²) >= 11 is 5.75. The number of hydrogen-bond acceptors (Lipinski definition) is 2. The van der Waals surface area contributed by atoms with E-state index in [1.165, 1.54) is 0 Å². The molecule has 0 bridgehead atoms. The lowest BCUT2D eigenvalue weighted by molar-refractivity contribution is 0.0556. The predicted molar refractivity (Wildman–Crippen MR) is 58.0 cm³/mol. The molecule has 1 atom stereocenters. The van der Waals surface area contributed by atoms with Crippen LogP contribution < -0.4 is 4.74 Å². The van der Waals surface area contributed by atoms with Gasteiger partial charge in [-0.15, -0.1) is 0 Å². The number of halogens is 1. The Morgan fingerprint density at radius 2 is 1.93 bits per heavy atom. The lowest BCUT2D eigenvalue weighted by atomic mass is 10.3. The van der Waals surface area contributed by atoms with Gasteiger partial charge in [-0.3, -0.25) is 0 Å². The van der Waals surface area contributed by atoms with Crippen LogP contribution in [0.2, 0.25) is 5.02 Å². The molecule has 3 heteroatoms. The van der Waals surface area contributed by atoms with Gasteiger partial charge in [0.2, 0.25) is 0 Å². The minimum absolute atomic E-state index is 0.158. The molecule has 1 aromatic rings. The second kappa shape index (κ2) is 5.89. The molecule has 0 radical (unpaired) electrons. The fraction of sp³-hybridized carbons (Fsp3) is 0.455. The Morgan fingerprint density at radius 3 is 2.43 bits per heavy atom. The molecule has 0 saturated carbocycles. The van der Waals surface area contributed by atoms with Gasteiger partial charge in [0.05, 0.1) is 6.10 Å². The first kappa shape index (κ1) is 11.3. The Kier molecular flexibility index (Phi) is 4.77. The van der Waals surface area contributed by atoms with Gasteiger partial charge < -0.3 is 9.47 Å². The molecule has 0 saturated heterocycles. The van der Waals surface area contributed by atoms with Crippen molar-refractivity contribution in [1.29, 1.82) is 0 Å². The van der Waals surface area contributed by atoms with Crippen molar-refractivity contribution in [2.45, 2.75) is 19.4 Å². The van der Waals surface area contributed by atoms with Crippen molar-refractivity contribution in [2.75, 3.05) is 13.7 Å². The van der Waals surface area contributed by atoms with Crippen LogP contribution in [0.3, 0.4) is 0 Å². The minimum atomic E-state index is 0.158. The van der Waals surface area contributed by atoms with Crippen molar-refractivity contribution >= 4 is 11.6 Å². The van der Waals surface area contributed by atoms with Crippen LogP contribution in [0, 0.1) is 0 Å². The quantitative estimate of drug-likeness (QED) is 0.750. The van der Waals surface area contributed by atoms with E-state index in [4.69, 9.17) is 21.1 Å². The van der Waals surface area contributed by atoms with Crippen molar-refractivity contribution in [2.24, 2.45) is 0 Å². The van der Waals surface area contributed by atoms with Crippen molar-refractivity contribution in [1.82, 2.24) is 0 Å². The molecule has 78 valence electrons. The van der Waals surface area contributed by atoms with Crippen LogP contribution in [0.15, 0.2) is 24.3 Å². The van der Waals surface area contributed by atoms with Crippen molar-refractivity contribution in [3.05, 3.63) is 29.3 Å². The number of methoxy groups -OCH3 is 1. The second-order valence-corrected chi connectivity index (χ2v) is 3.47. The maximum atomic E-state index is 5.75. The van der Waals surface area contributed by atoms with Crippen LogP contribution in [-0.4, -0.2) is 19.8 Å². The van der Waals surface area contributed by atoms with Gasteiger partial charge in [-0.1, -0.05) is 18.5 Å². The Labute approximate surface area is 89.8 Å². The normalized spacial score (nSPS) is 12.5. The van der Waals surface area contributed by atoms with Crippen LogP contribution in [0.25, 0.3) is 0 Å². The molecule has 0 fully saturated rings. The van der Waals surface area contributed by atoms with Gasteiger partial charge in [-0.25, -0.2) is 0 Å². The van der Waals surface area contributed by atoms with Gasteiger partial charge in [-0.05, 0) is 30.7 Å². The van der Waals surface area contributed by atoms with Gasteiger partial charge >= 0.3 is 0 Å². The van der Waals surface area contributed by atoms with E-state index < -0.39 is 0 Å². The smallest absolute Gasteiger partial charge is 0.119 e. The zero-order chi connectivity index (χ0) is 10.4. The number of rotatable bonds is 5. The van der Waals surface area contributed by atoms with Gasteiger partial charge in [0, 0.05) is 12.1 Å². The molecule has 1 unspecified atom stereocenters. The Bertz CT molecular complexity index is 254. The second-order valence-electron chi connectivity index (χ2n) is 3.03. The lowest BCUT2D eigenvalue weighted by Crippen LogP contribution is -2.18. The highest BCUT2D eigenvalue weighted by Gasteiger charge is 2.04. The highest BCUT2D eigenvalue weighted by atomic mass is 35.5. The van der Waals surface area contributed by atoms with Crippen LogP contribution in [-0.2, 0) is 4.74 Å². The molecule has 0 heterocycles. The average Bonchev–Trinajstić information content (AvgIpc) is 2.22. The van der Waals surface area contributed by atoms with Crippen LogP contribution in [0.5, 0.6) is 5.75 Å². The standard InChI is InChI=1S/C11H15ClO2/c1-3-10(13-2)8-14-11-6-4-9(12)5-7-11/h4-7,10H,3,8H2,1-2H3. The molecular formula is C11H15ClO2. The largest absolute Gasteiger partial charge is 0.491 e. The summed E-state index contributed by atoms with van der Waals surface area (Å²) in [5.74, 6) is 0.824. The lowest BCUT2D eigenvalue weighted by Gasteiger charge is -2.13. The molecular weight excluding hydrogens is 200 g/mol. The molecule has 0 amide bonds. The first-order valence-electron chi connectivity index (χ1n) is 4.67. The van der Waals surface area contributed by atoms with Gasteiger partial charge in [0.15, 0.2) is 0 Å². The maximum absolute atomic E-state index is 5.75. The van der Waals surface area contributed by atoms with Crippen LogP contribution in [0.4, 0.5) is 0 Å². The first-order chi connectivity index (χ1) is 6.76. The zero-order valence-corrected chi connectivity index (χ0v) is 9.25. The molecule has 1 aromatic carbocycles. The summed E-state index contributed by atoms with van der Waals surface area (Å²) in [5, 5.41) is 0.719. The Hall–Kier alpha value is -0.730.